The van der Waals surface area contributed by atoms with Gasteiger partial charge in [0.1, 0.15) is 0 Å². The summed E-state index contributed by atoms with van der Waals surface area (Å²) in [4.78, 5) is 2.40. The largest absolute Gasteiger partial charge is 0.338 e. The van der Waals surface area contributed by atoms with Gasteiger partial charge in [-0.1, -0.05) is 13.8 Å². The number of nitrogens with one attached hydrogen (secondary N) is 1. The van der Waals surface area contributed by atoms with Crippen LogP contribution in [0.15, 0.2) is 0 Å². The fourth-order valence-electron chi connectivity index (χ4n) is 1.99. The van der Waals surface area contributed by atoms with Crippen LogP contribution in [-0.4, -0.2) is 27.4 Å². The van der Waals surface area contributed by atoms with Crippen molar-refractivity contribution in [1.29, 1.82) is 0 Å². The molecule has 16 heavy (non-hydrogen) atoms. The molecule has 0 atom stereocenters. The molecule has 0 aliphatic heterocycles. The SMILES string of the molecule is CCn1c(N(CC(C)C)C2CC2)n[nH]c1=S. The van der Waals surface area contributed by atoms with Crippen LogP contribution in [0.2, 0.25) is 0 Å². The van der Waals surface area contributed by atoms with Crippen LogP contribution in [0.5, 0.6) is 0 Å². The van der Waals surface area contributed by atoms with E-state index in [1.165, 1.54) is 12.8 Å². The fraction of sp³-hybridized carbons (Fsp3) is 0.818. The van der Waals surface area contributed by atoms with Crippen LogP contribution in [0.1, 0.15) is 33.6 Å². The fourth-order valence-corrected chi connectivity index (χ4v) is 2.24. The highest BCUT2D eigenvalue weighted by Gasteiger charge is 2.32. The van der Waals surface area contributed by atoms with Crippen LogP contribution < -0.4 is 4.90 Å². The van der Waals surface area contributed by atoms with E-state index in [0.717, 1.165) is 23.8 Å². The van der Waals surface area contributed by atoms with E-state index in [4.69, 9.17) is 12.2 Å². The summed E-state index contributed by atoms with van der Waals surface area (Å²) in [7, 11) is 0. The second-order valence-electron chi connectivity index (χ2n) is 4.85. The number of H-pyrrole nitrogens is 1. The average Bonchev–Trinajstić information content (AvgIpc) is 2.99. The Kier molecular flexibility index (Phi) is 3.33. The summed E-state index contributed by atoms with van der Waals surface area (Å²) in [5.41, 5.74) is 0. The minimum atomic E-state index is 0.649. The molecule has 0 spiro atoms. The van der Waals surface area contributed by atoms with Gasteiger partial charge in [-0.15, -0.1) is 5.10 Å². The van der Waals surface area contributed by atoms with Gasteiger partial charge in [-0.05, 0) is 37.9 Å². The molecule has 2 rings (SSSR count). The predicted molar refractivity (Wildman–Crippen MR) is 68.3 cm³/mol. The van der Waals surface area contributed by atoms with E-state index in [1.807, 2.05) is 0 Å². The van der Waals surface area contributed by atoms with Crippen LogP contribution in [-0.2, 0) is 6.54 Å². The van der Waals surface area contributed by atoms with Gasteiger partial charge >= 0.3 is 0 Å². The van der Waals surface area contributed by atoms with Crippen molar-refractivity contribution < 1.29 is 0 Å². The zero-order valence-corrected chi connectivity index (χ0v) is 11.0. The summed E-state index contributed by atoms with van der Waals surface area (Å²) >= 11 is 5.23. The minimum Gasteiger partial charge on any atom is -0.338 e. The van der Waals surface area contributed by atoms with Gasteiger partial charge in [0.2, 0.25) is 5.95 Å². The smallest absolute Gasteiger partial charge is 0.225 e. The van der Waals surface area contributed by atoms with E-state index in [1.54, 1.807) is 0 Å². The standard InChI is InChI=1S/C11H20N4S/c1-4-14-10(12-13-11(14)16)15(7-8(2)3)9-5-6-9/h8-9H,4-7H2,1-3H3,(H,13,16). The van der Waals surface area contributed by atoms with E-state index >= 15 is 0 Å². The third-order valence-electron chi connectivity index (χ3n) is 2.86. The van der Waals surface area contributed by atoms with E-state index in [2.05, 4.69) is 40.4 Å². The molecule has 1 aliphatic carbocycles. The molecule has 0 saturated heterocycles. The summed E-state index contributed by atoms with van der Waals surface area (Å²) in [5, 5.41) is 7.27. The molecule has 1 N–H and O–H groups in total. The van der Waals surface area contributed by atoms with Crippen molar-refractivity contribution in [2.75, 3.05) is 11.4 Å². The maximum atomic E-state index is 5.23. The van der Waals surface area contributed by atoms with Crippen LogP contribution in [0.25, 0.3) is 0 Å². The molecule has 0 radical (unpaired) electrons. The Balaban J connectivity index is 2.27. The Hall–Kier alpha value is -0.840. The number of aromatic amines is 1. The molecule has 5 heteroatoms. The first-order valence-corrected chi connectivity index (χ1v) is 6.46. The Bertz CT molecular complexity index is 402. The van der Waals surface area contributed by atoms with E-state index in [-0.39, 0.29) is 0 Å². The maximum absolute atomic E-state index is 5.23. The molecular weight excluding hydrogens is 220 g/mol. The summed E-state index contributed by atoms with van der Waals surface area (Å²) in [6.07, 6.45) is 2.58. The zero-order valence-electron chi connectivity index (χ0n) is 10.2. The van der Waals surface area contributed by atoms with Gasteiger partial charge in [0.15, 0.2) is 4.77 Å². The number of rotatable bonds is 5. The lowest BCUT2D eigenvalue weighted by atomic mass is 10.2. The molecule has 90 valence electrons. The van der Waals surface area contributed by atoms with Crippen LogP contribution in [0, 0.1) is 10.7 Å². The highest BCUT2D eigenvalue weighted by atomic mass is 32.1. The lowest BCUT2D eigenvalue weighted by molar-refractivity contribution is 0.582. The molecule has 0 aromatic carbocycles. The first kappa shape index (κ1) is 11.6. The zero-order chi connectivity index (χ0) is 11.7. The minimum absolute atomic E-state index is 0.649. The molecule has 1 aromatic rings. The topological polar surface area (TPSA) is 36.9 Å². The Morgan fingerprint density at radius 3 is 2.75 bits per heavy atom. The van der Waals surface area contributed by atoms with Gasteiger partial charge in [0.25, 0.3) is 0 Å². The normalized spacial score (nSPS) is 15.8. The van der Waals surface area contributed by atoms with Gasteiger partial charge in [-0.2, -0.15) is 0 Å². The van der Waals surface area contributed by atoms with Crippen molar-refractivity contribution in [2.24, 2.45) is 5.92 Å². The van der Waals surface area contributed by atoms with Gasteiger partial charge in [-0.3, -0.25) is 4.57 Å². The first-order valence-electron chi connectivity index (χ1n) is 6.05. The van der Waals surface area contributed by atoms with Crippen LogP contribution in [0.4, 0.5) is 5.95 Å². The van der Waals surface area contributed by atoms with Crippen molar-refractivity contribution in [1.82, 2.24) is 14.8 Å². The highest BCUT2D eigenvalue weighted by Crippen LogP contribution is 2.31. The number of hydrogen-bond donors (Lipinski definition) is 1. The van der Waals surface area contributed by atoms with Gasteiger partial charge in [-0.25, -0.2) is 5.10 Å². The first-order chi connectivity index (χ1) is 7.63. The molecule has 0 bridgehead atoms. The van der Waals surface area contributed by atoms with Crippen molar-refractivity contribution in [3.05, 3.63) is 4.77 Å². The molecular formula is C11H20N4S. The van der Waals surface area contributed by atoms with Crippen molar-refractivity contribution in [3.63, 3.8) is 0 Å². The maximum Gasteiger partial charge on any atom is 0.225 e. The molecule has 4 nitrogen and oxygen atoms in total. The van der Waals surface area contributed by atoms with Gasteiger partial charge in [0.05, 0.1) is 0 Å². The van der Waals surface area contributed by atoms with E-state index in [9.17, 15) is 0 Å². The van der Waals surface area contributed by atoms with Gasteiger partial charge in [0, 0.05) is 19.1 Å². The molecule has 0 unspecified atom stereocenters. The molecule has 0 amide bonds. The Labute approximate surface area is 102 Å². The highest BCUT2D eigenvalue weighted by molar-refractivity contribution is 7.71. The summed E-state index contributed by atoms with van der Waals surface area (Å²) in [6.45, 7) is 8.53. The Morgan fingerprint density at radius 1 is 1.56 bits per heavy atom. The second-order valence-corrected chi connectivity index (χ2v) is 5.24. The summed E-state index contributed by atoms with van der Waals surface area (Å²) in [5.74, 6) is 1.67. The van der Waals surface area contributed by atoms with Crippen molar-refractivity contribution >= 4 is 18.2 Å². The average molecular weight is 240 g/mol. The van der Waals surface area contributed by atoms with E-state index in [0.29, 0.717) is 12.0 Å². The van der Waals surface area contributed by atoms with Crippen molar-refractivity contribution in [2.45, 2.75) is 46.2 Å². The number of anilines is 1. The van der Waals surface area contributed by atoms with Crippen LogP contribution >= 0.6 is 12.2 Å². The molecule has 1 heterocycles. The lowest BCUT2D eigenvalue weighted by Gasteiger charge is -2.25. The summed E-state index contributed by atoms with van der Waals surface area (Å²) in [6, 6.07) is 0.679. The van der Waals surface area contributed by atoms with Crippen LogP contribution in [0.3, 0.4) is 0 Å². The molecule has 1 aliphatic rings. The molecule has 1 fully saturated rings. The third-order valence-corrected chi connectivity index (χ3v) is 3.17. The third kappa shape index (κ3) is 2.29. The summed E-state index contributed by atoms with van der Waals surface area (Å²) < 4.78 is 2.81. The quantitative estimate of drug-likeness (QED) is 0.804. The molecule has 1 aromatic heterocycles. The predicted octanol–water partition coefficient (Wildman–Crippen LogP) is 2.59. The Morgan fingerprint density at radius 2 is 2.25 bits per heavy atom. The number of aromatic nitrogens is 3. The van der Waals surface area contributed by atoms with Crippen molar-refractivity contribution in [3.8, 4) is 0 Å². The van der Waals surface area contributed by atoms with E-state index < -0.39 is 0 Å². The molecule has 1 saturated carbocycles. The van der Waals surface area contributed by atoms with Gasteiger partial charge < -0.3 is 4.90 Å². The lowest BCUT2D eigenvalue weighted by Crippen LogP contribution is -2.32. The number of hydrogen-bond acceptors (Lipinski definition) is 3. The second kappa shape index (κ2) is 4.57. The monoisotopic (exact) mass is 240 g/mol. The number of nitrogens with zero attached hydrogens (tertiary/aromatic N) is 3.